The third kappa shape index (κ3) is 2.27. The van der Waals surface area contributed by atoms with Crippen molar-refractivity contribution in [3.05, 3.63) is 65.2 Å². The molecule has 0 aliphatic heterocycles. The van der Waals surface area contributed by atoms with Crippen LogP contribution in [0.15, 0.2) is 48.5 Å². The first kappa shape index (κ1) is 14.6. The highest BCUT2D eigenvalue weighted by Gasteiger charge is 2.19. The lowest BCUT2D eigenvalue weighted by molar-refractivity contribution is 0.481. The van der Waals surface area contributed by atoms with E-state index in [1.54, 1.807) is 0 Å². The number of hydrogen-bond donors (Lipinski definition) is 1. The second-order valence-electron chi connectivity index (χ2n) is 5.64. The molecule has 0 aromatic heterocycles. The fourth-order valence-electron chi connectivity index (χ4n) is 3.34. The number of fused-ring (bicyclic) bond motifs is 5. The maximum absolute atomic E-state index is 10.3. The van der Waals surface area contributed by atoms with E-state index >= 15 is 0 Å². The lowest BCUT2D eigenvalue weighted by Gasteiger charge is -2.22. The molecular formula is C21H22O. The molecule has 1 N–H and O–H groups in total. The largest absolute Gasteiger partial charge is 0.507 e. The second-order valence-corrected chi connectivity index (χ2v) is 5.64. The van der Waals surface area contributed by atoms with Crippen LogP contribution in [0, 0.1) is 6.92 Å². The van der Waals surface area contributed by atoms with Gasteiger partial charge in [-0.25, -0.2) is 0 Å². The predicted molar refractivity (Wildman–Crippen MR) is 94.5 cm³/mol. The maximum Gasteiger partial charge on any atom is 0.123 e. The summed E-state index contributed by atoms with van der Waals surface area (Å²) < 4.78 is 0. The standard InChI is InChI=1S/C19H16O.C2H6/c1-12-6-9-16-17(10-12)18(20)11-14-8-7-13-4-2-3-5-15(13)19(14)16;1-2/h2-6,9-11,20H,7-8H2,1H3;1-2H3. The summed E-state index contributed by atoms with van der Waals surface area (Å²) in [5.41, 5.74) is 6.48. The fraction of sp³-hybridized carbons (Fsp3) is 0.238. The van der Waals surface area contributed by atoms with Crippen LogP contribution in [0.4, 0.5) is 0 Å². The zero-order valence-corrected chi connectivity index (χ0v) is 13.5. The van der Waals surface area contributed by atoms with Gasteiger partial charge in [0.1, 0.15) is 5.75 Å². The molecule has 0 fully saturated rings. The quantitative estimate of drug-likeness (QED) is 0.567. The van der Waals surface area contributed by atoms with Gasteiger partial charge in [0.25, 0.3) is 0 Å². The molecule has 112 valence electrons. The molecule has 3 aromatic rings. The summed E-state index contributed by atoms with van der Waals surface area (Å²) in [6.07, 6.45) is 2.06. The van der Waals surface area contributed by atoms with Crippen molar-refractivity contribution in [2.24, 2.45) is 0 Å². The Kier molecular flexibility index (Phi) is 3.89. The summed E-state index contributed by atoms with van der Waals surface area (Å²) in [6, 6.07) is 16.9. The minimum Gasteiger partial charge on any atom is -0.507 e. The Morgan fingerprint density at radius 1 is 0.818 bits per heavy atom. The lowest BCUT2D eigenvalue weighted by atomic mass is 9.82. The molecule has 0 saturated heterocycles. The van der Waals surface area contributed by atoms with Crippen molar-refractivity contribution in [3.8, 4) is 16.9 Å². The highest BCUT2D eigenvalue weighted by molar-refractivity contribution is 6.03. The summed E-state index contributed by atoms with van der Waals surface area (Å²) >= 11 is 0. The predicted octanol–water partition coefficient (Wildman–Crippen LogP) is 5.65. The molecule has 0 heterocycles. The van der Waals surface area contributed by atoms with Crippen LogP contribution >= 0.6 is 0 Å². The summed E-state index contributed by atoms with van der Waals surface area (Å²) in [7, 11) is 0. The Bertz CT molecular complexity index is 831. The van der Waals surface area contributed by atoms with E-state index in [9.17, 15) is 5.11 Å². The average Bonchev–Trinajstić information content (AvgIpc) is 2.56. The van der Waals surface area contributed by atoms with Gasteiger partial charge in [0.2, 0.25) is 0 Å². The van der Waals surface area contributed by atoms with Crippen molar-refractivity contribution < 1.29 is 5.11 Å². The molecule has 0 atom stereocenters. The molecule has 22 heavy (non-hydrogen) atoms. The molecule has 1 heteroatoms. The number of aromatic hydroxyl groups is 1. The molecule has 3 aromatic carbocycles. The van der Waals surface area contributed by atoms with Crippen molar-refractivity contribution in [2.45, 2.75) is 33.6 Å². The second kappa shape index (κ2) is 5.84. The van der Waals surface area contributed by atoms with Gasteiger partial charge in [-0.3, -0.25) is 0 Å². The number of hydrogen-bond acceptors (Lipinski definition) is 1. The number of phenolic OH excluding ortho intramolecular Hbond substituents is 1. The van der Waals surface area contributed by atoms with E-state index in [0.717, 1.165) is 23.6 Å². The third-order valence-electron chi connectivity index (χ3n) is 4.30. The molecule has 1 aliphatic rings. The van der Waals surface area contributed by atoms with Crippen LogP contribution in [0.3, 0.4) is 0 Å². The molecule has 0 unspecified atom stereocenters. The monoisotopic (exact) mass is 290 g/mol. The highest BCUT2D eigenvalue weighted by Crippen LogP contribution is 2.42. The summed E-state index contributed by atoms with van der Waals surface area (Å²) in [4.78, 5) is 0. The number of phenols is 1. The molecule has 0 amide bonds. The first-order valence-electron chi connectivity index (χ1n) is 8.07. The van der Waals surface area contributed by atoms with Crippen LogP contribution < -0.4 is 0 Å². The Morgan fingerprint density at radius 2 is 1.55 bits per heavy atom. The van der Waals surface area contributed by atoms with Crippen molar-refractivity contribution in [3.63, 3.8) is 0 Å². The van der Waals surface area contributed by atoms with Gasteiger partial charge in [0.05, 0.1) is 0 Å². The van der Waals surface area contributed by atoms with Crippen LogP contribution in [0.25, 0.3) is 21.9 Å². The summed E-state index contributed by atoms with van der Waals surface area (Å²) in [5.74, 6) is 0.404. The molecule has 1 nitrogen and oxygen atoms in total. The lowest BCUT2D eigenvalue weighted by Crippen LogP contribution is -2.04. The van der Waals surface area contributed by atoms with E-state index < -0.39 is 0 Å². The van der Waals surface area contributed by atoms with Gasteiger partial charge in [-0.15, -0.1) is 0 Å². The van der Waals surface area contributed by atoms with Gasteiger partial charge in [-0.1, -0.05) is 55.8 Å². The Balaban J connectivity index is 0.000000693. The van der Waals surface area contributed by atoms with E-state index in [4.69, 9.17) is 0 Å². The first-order valence-corrected chi connectivity index (χ1v) is 8.07. The Hall–Kier alpha value is -2.28. The van der Waals surface area contributed by atoms with Gasteiger partial charge in [0.15, 0.2) is 0 Å². The van der Waals surface area contributed by atoms with Crippen molar-refractivity contribution in [1.29, 1.82) is 0 Å². The van der Waals surface area contributed by atoms with Crippen molar-refractivity contribution in [2.75, 3.05) is 0 Å². The zero-order chi connectivity index (χ0) is 15.7. The van der Waals surface area contributed by atoms with Crippen molar-refractivity contribution >= 4 is 10.8 Å². The normalized spacial score (nSPS) is 12.1. The SMILES string of the molecule is CC.Cc1ccc2c3c(cc(O)c2c1)CCc1ccccc1-3. The van der Waals surface area contributed by atoms with E-state index in [-0.39, 0.29) is 0 Å². The molecule has 0 spiro atoms. The zero-order valence-electron chi connectivity index (χ0n) is 13.5. The van der Waals surface area contributed by atoms with Gasteiger partial charge >= 0.3 is 0 Å². The summed E-state index contributed by atoms with van der Waals surface area (Å²) in [6.45, 7) is 6.06. The van der Waals surface area contributed by atoms with Crippen LogP contribution in [0.5, 0.6) is 5.75 Å². The van der Waals surface area contributed by atoms with Crippen LogP contribution in [-0.4, -0.2) is 5.11 Å². The number of aryl methyl sites for hydroxylation is 3. The van der Waals surface area contributed by atoms with Gasteiger partial charge in [0, 0.05) is 5.39 Å². The fourth-order valence-corrected chi connectivity index (χ4v) is 3.34. The smallest absolute Gasteiger partial charge is 0.123 e. The van der Waals surface area contributed by atoms with E-state index in [2.05, 4.69) is 49.4 Å². The van der Waals surface area contributed by atoms with Crippen LogP contribution in [0.1, 0.15) is 30.5 Å². The molecular weight excluding hydrogens is 268 g/mol. The van der Waals surface area contributed by atoms with E-state index in [0.29, 0.717) is 5.75 Å². The van der Waals surface area contributed by atoms with E-state index in [1.807, 2.05) is 19.9 Å². The summed E-state index contributed by atoms with van der Waals surface area (Å²) in [5, 5.41) is 12.4. The minimum absolute atomic E-state index is 0.404. The average molecular weight is 290 g/mol. The topological polar surface area (TPSA) is 20.2 Å². The van der Waals surface area contributed by atoms with Crippen LogP contribution in [-0.2, 0) is 12.8 Å². The molecule has 0 bridgehead atoms. The van der Waals surface area contributed by atoms with Gasteiger partial charge in [-0.2, -0.15) is 0 Å². The Labute approximate surface area is 132 Å². The molecule has 1 aliphatic carbocycles. The van der Waals surface area contributed by atoms with E-state index in [1.165, 1.54) is 27.8 Å². The highest BCUT2D eigenvalue weighted by atomic mass is 16.3. The molecule has 0 saturated carbocycles. The van der Waals surface area contributed by atoms with Crippen molar-refractivity contribution in [1.82, 2.24) is 0 Å². The molecule has 4 rings (SSSR count). The number of rotatable bonds is 0. The Morgan fingerprint density at radius 3 is 2.36 bits per heavy atom. The van der Waals surface area contributed by atoms with Crippen LogP contribution in [0.2, 0.25) is 0 Å². The first-order chi connectivity index (χ1) is 10.7. The van der Waals surface area contributed by atoms with Gasteiger partial charge < -0.3 is 5.11 Å². The maximum atomic E-state index is 10.3. The third-order valence-corrected chi connectivity index (χ3v) is 4.30. The number of benzene rings is 3. The minimum atomic E-state index is 0.404. The molecule has 0 radical (unpaired) electrons. The van der Waals surface area contributed by atoms with Gasteiger partial charge in [-0.05, 0) is 59.5 Å².